The molecule has 1 amide bonds. The third-order valence-corrected chi connectivity index (χ3v) is 3.57. The van der Waals surface area contributed by atoms with Crippen molar-refractivity contribution in [2.24, 2.45) is 5.92 Å². The number of likely N-dealkylation sites (tertiary alicyclic amines) is 1. The third kappa shape index (κ3) is 3.44. The number of anilines is 1. The van der Waals surface area contributed by atoms with Gasteiger partial charge in [0.1, 0.15) is 5.82 Å². The van der Waals surface area contributed by atoms with Crippen LogP contribution < -0.4 is 5.32 Å². The molecule has 1 aromatic heterocycles. The fourth-order valence-corrected chi connectivity index (χ4v) is 2.42. The molecule has 0 radical (unpaired) electrons. The van der Waals surface area contributed by atoms with Crippen LogP contribution >= 0.6 is 0 Å². The van der Waals surface area contributed by atoms with E-state index in [-0.39, 0.29) is 5.91 Å². The molecule has 0 spiro atoms. The van der Waals surface area contributed by atoms with Crippen LogP contribution in [0, 0.1) is 5.92 Å². The van der Waals surface area contributed by atoms with Gasteiger partial charge < -0.3 is 15.0 Å². The first kappa shape index (κ1) is 13.8. The molecule has 0 unspecified atom stereocenters. The Labute approximate surface area is 114 Å². The van der Waals surface area contributed by atoms with Gasteiger partial charge in [-0.3, -0.25) is 4.79 Å². The van der Waals surface area contributed by atoms with E-state index in [1.807, 2.05) is 4.90 Å². The first-order chi connectivity index (χ1) is 9.24. The lowest BCUT2D eigenvalue weighted by molar-refractivity contribution is 0.0613. The molecule has 2 rings (SSSR count). The molecule has 1 fully saturated rings. The molecular formula is C14H21N3O2. The molecule has 104 valence electrons. The zero-order valence-electron chi connectivity index (χ0n) is 11.6. The van der Waals surface area contributed by atoms with Gasteiger partial charge in [-0.05, 0) is 30.9 Å². The van der Waals surface area contributed by atoms with Gasteiger partial charge in [0.05, 0.1) is 0 Å². The Morgan fingerprint density at radius 2 is 2.26 bits per heavy atom. The summed E-state index contributed by atoms with van der Waals surface area (Å²) in [5.74, 6) is 1.40. The van der Waals surface area contributed by atoms with Crippen molar-refractivity contribution in [2.45, 2.75) is 12.8 Å². The van der Waals surface area contributed by atoms with Crippen LogP contribution in [0.3, 0.4) is 0 Å². The van der Waals surface area contributed by atoms with E-state index in [0.29, 0.717) is 11.5 Å². The minimum Gasteiger partial charge on any atom is -0.384 e. The predicted molar refractivity (Wildman–Crippen MR) is 74.3 cm³/mol. The number of nitrogens with one attached hydrogen (secondary N) is 1. The van der Waals surface area contributed by atoms with E-state index in [4.69, 9.17) is 4.74 Å². The highest BCUT2D eigenvalue weighted by Gasteiger charge is 2.23. The average Bonchev–Trinajstić information content (AvgIpc) is 2.48. The van der Waals surface area contributed by atoms with Crippen LogP contribution in [0.1, 0.15) is 23.2 Å². The van der Waals surface area contributed by atoms with E-state index in [9.17, 15) is 4.79 Å². The number of carbonyl (C=O) groups is 1. The number of nitrogens with zero attached hydrogens (tertiary/aromatic N) is 2. The van der Waals surface area contributed by atoms with Gasteiger partial charge in [0.2, 0.25) is 0 Å². The number of carbonyl (C=O) groups excluding carboxylic acids is 1. The van der Waals surface area contributed by atoms with Gasteiger partial charge in [-0.25, -0.2) is 4.98 Å². The lowest BCUT2D eigenvalue weighted by Gasteiger charge is -2.31. The van der Waals surface area contributed by atoms with Crippen molar-refractivity contribution < 1.29 is 9.53 Å². The minimum absolute atomic E-state index is 0.0924. The van der Waals surface area contributed by atoms with Gasteiger partial charge in [-0.2, -0.15) is 0 Å². The molecule has 1 saturated heterocycles. The van der Waals surface area contributed by atoms with Crippen molar-refractivity contribution in [3.63, 3.8) is 0 Å². The second-order valence-electron chi connectivity index (χ2n) is 4.87. The highest BCUT2D eigenvalue weighted by atomic mass is 16.5. The molecule has 2 heterocycles. The molecule has 19 heavy (non-hydrogen) atoms. The number of hydrogen-bond donors (Lipinski definition) is 1. The Balaban J connectivity index is 1.97. The first-order valence-electron chi connectivity index (χ1n) is 6.66. The smallest absolute Gasteiger partial charge is 0.254 e. The van der Waals surface area contributed by atoms with Crippen molar-refractivity contribution in [1.29, 1.82) is 0 Å². The Bertz CT molecular complexity index is 428. The van der Waals surface area contributed by atoms with Gasteiger partial charge in [0.25, 0.3) is 5.91 Å². The molecule has 0 aliphatic carbocycles. The SMILES string of the molecule is CNc1cc(C(=O)N2CCC(COC)CC2)ccn1. The second kappa shape index (κ2) is 6.52. The quantitative estimate of drug-likeness (QED) is 0.897. The highest BCUT2D eigenvalue weighted by Crippen LogP contribution is 2.19. The molecule has 1 aliphatic heterocycles. The van der Waals surface area contributed by atoms with Gasteiger partial charge in [-0.15, -0.1) is 0 Å². The third-order valence-electron chi connectivity index (χ3n) is 3.57. The molecule has 0 atom stereocenters. The average molecular weight is 263 g/mol. The molecule has 5 heteroatoms. The molecule has 1 aromatic rings. The minimum atomic E-state index is 0.0924. The van der Waals surface area contributed by atoms with Crippen molar-refractivity contribution >= 4 is 11.7 Å². The van der Waals surface area contributed by atoms with Gasteiger partial charge in [-0.1, -0.05) is 0 Å². The Morgan fingerprint density at radius 3 is 2.89 bits per heavy atom. The summed E-state index contributed by atoms with van der Waals surface area (Å²) in [6.45, 7) is 2.41. The number of amides is 1. The van der Waals surface area contributed by atoms with Gasteiger partial charge in [0, 0.05) is 45.6 Å². The number of ether oxygens (including phenoxy) is 1. The van der Waals surface area contributed by atoms with Gasteiger partial charge in [0.15, 0.2) is 0 Å². The molecule has 0 aromatic carbocycles. The van der Waals surface area contributed by atoms with Crippen LogP contribution in [0.4, 0.5) is 5.82 Å². The summed E-state index contributed by atoms with van der Waals surface area (Å²) in [7, 11) is 3.53. The lowest BCUT2D eigenvalue weighted by Crippen LogP contribution is -2.39. The zero-order chi connectivity index (χ0) is 13.7. The van der Waals surface area contributed by atoms with Crippen LogP contribution in [0.5, 0.6) is 0 Å². The van der Waals surface area contributed by atoms with Crippen molar-refractivity contribution in [2.75, 3.05) is 39.2 Å². The maximum atomic E-state index is 12.4. The van der Waals surface area contributed by atoms with Gasteiger partial charge >= 0.3 is 0 Å². The largest absolute Gasteiger partial charge is 0.384 e. The molecule has 0 bridgehead atoms. The van der Waals surface area contributed by atoms with Crippen molar-refractivity contribution in [1.82, 2.24) is 9.88 Å². The molecule has 1 aliphatic rings. The summed E-state index contributed by atoms with van der Waals surface area (Å²) < 4.78 is 5.17. The predicted octanol–water partition coefficient (Wildman–Crippen LogP) is 1.62. The fraction of sp³-hybridized carbons (Fsp3) is 0.571. The summed E-state index contributed by atoms with van der Waals surface area (Å²) in [5.41, 5.74) is 0.699. The summed E-state index contributed by atoms with van der Waals surface area (Å²) in [6, 6.07) is 3.56. The Morgan fingerprint density at radius 1 is 1.53 bits per heavy atom. The summed E-state index contributed by atoms with van der Waals surface area (Å²) >= 11 is 0. The van der Waals surface area contributed by atoms with E-state index in [1.165, 1.54) is 0 Å². The summed E-state index contributed by atoms with van der Waals surface area (Å²) in [4.78, 5) is 18.4. The number of aromatic nitrogens is 1. The monoisotopic (exact) mass is 263 g/mol. The molecule has 0 saturated carbocycles. The summed E-state index contributed by atoms with van der Waals surface area (Å²) in [5, 5.41) is 2.95. The van der Waals surface area contributed by atoms with E-state index >= 15 is 0 Å². The van der Waals surface area contributed by atoms with E-state index in [1.54, 1.807) is 32.5 Å². The van der Waals surface area contributed by atoms with Crippen LogP contribution in [-0.2, 0) is 4.74 Å². The second-order valence-corrected chi connectivity index (χ2v) is 4.87. The normalized spacial score (nSPS) is 16.4. The zero-order valence-corrected chi connectivity index (χ0v) is 11.6. The number of hydrogen-bond acceptors (Lipinski definition) is 4. The maximum absolute atomic E-state index is 12.4. The number of methoxy groups -OCH3 is 1. The van der Waals surface area contributed by atoms with E-state index in [0.717, 1.165) is 38.4 Å². The Kier molecular flexibility index (Phi) is 4.74. The number of pyridine rings is 1. The summed E-state index contributed by atoms with van der Waals surface area (Å²) in [6.07, 6.45) is 3.70. The van der Waals surface area contributed by atoms with E-state index in [2.05, 4.69) is 10.3 Å². The van der Waals surface area contributed by atoms with E-state index < -0.39 is 0 Å². The van der Waals surface area contributed by atoms with Crippen LogP contribution in [0.2, 0.25) is 0 Å². The first-order valence-corrected chi connectivity index (χ1v) is 6.66. The standard InChI is InChI=1S/C14H21N3O2/c1-15-13-9-12(3-6-16-13)14(18)17-7-4-11(5-8-17)10-19-2/h3,6,9,11H,4-5,7-8,10H2,1-2H3,(H,15,16). The Hall–Kier alpha value is -1.62. The number of piperidine rings is 1. The van der Waals surface area contributed by atoms with Crippen molar-refractivity contribution in [3.8, 4) is 0 Å². The molecule has 1 N–H and O–H groups in total. The van der Waals surface area contributed by atoms with Crippen LogP contribution in [0.25, 0.3) is 0 Å². The lowest BCUT2D eigenvalue weighted by atomic mass is 9.97. The van der Waals surface area contributed by atoms with Crippen LogP contribution in [0.15, 0.2) is 18.3 Å². The fourth-order valence-electron chi connectivity index (χ4n) is 2.42. The van der Waals surface area contributed by atoms with Crippen LogP contribution in [-0.4, -0.2) is 49.6 Å². The highest BCUT2D eigenvalue weighted by molar-refractivity contribution is 5.94. The maximum Gasteiger partial charge on any atom is 0.254 e. The topological polar surface area (TPSA) is 54.5 Å². The number of rotatable bonds is 4. The molecular weight excluding hydrogens is 242 g/mol. The van der Waals surface area contributed by atoms with Crippen molar-refractivity contribution in [3.05, 3.63) is 23.9 Å². The molecule has 5 nitrogen and oxygen atoms in total.